The SMILES string of the molecule is CC(C)(N)Cc1cc(F)c(OCc2ccccc2)c(Br)c1. The fourth-order valence-electron chi connectivity index (χ4n) is 2.11. The normalized spacial score (nSPS) is 11.5. The number of nitrogens with two attached hydrogens (primary N) is 1. The molecule has 2 nitrogen and oxygen atoms in total. The van der Waals surface area contributed by atoms with Crippen LogP contribution in [0, 0.1) is 5.82 Å². The van der Waals surface area contributed by atoms with Gasteiger partial charge >= 0.3 is 0 Å². The minimum Gasteiger partial charge on any atom is -0.485 e. The van der Waals surface area contributed by atoms with E-state index in [1.807, 2.05) is 50.2 Å². The Morgan fingerprint density at radius 1 is 1.14 bits per heavy atom. The van der Waals surface area contributed by atoms with Crippen LogP contribution in [-0.4, -0.2) is 5.54 Å². The number of rotatable bonds is 5. The molecule has 4 heteroatoms. The zero-order valence-electron chi connectivity index (χ0n) is 12.2. The Labute approximate surface area is 133 Å². The number of hydrogen-bond acceptors (Lipinski definition) is 2. The van der Waals surface area contributed by atoms with Gasteiger partial charge in [-0.15, -0.1) is 0 Å². The molecule has 2 rings (SSSR count). The number of benzene rings is 2. The molecule has 0 atom stereocenters. The van der Waals surface area contributed by atoms with Crippen LogP contribution in [0.3, 0.4) is 0 Å². The molecular weight excluding hydrogens is 333 g/mol. The molecule has 0 radical (unpaired) electrons. The van der Waals surface area contributed by atoms with Crippen LogP contribution in [0.2, 0.25) is 0 Å². The molecule has 112 valence electrons. The predicted octanol–water partition coefficient (Wildman–Crippen LogP) is 4.45. The zero-order chi connectivity index (χ0) is 15.5. The van der Waals surface area contributed by atoms with E-state index in [2.05, 4.69) is 15.9 Å². The van der Waals surface area contributed by atoms with Crippen LogP contribution in [0.4, 0.5) is 4.39 Å². The Kier molecular flexibility index (Phi) is 5.01. The second-order valence-electron chi connectivity index (χ2n) is 5.83. The van der Waals surface area contributed by atoms with Gasteiger partial charge in [-0.3, -0.25) is 0 Å². The van der Waals surface area contributed by atoms with Gasteiger partial charge in [0, 0.05) is 5.54 Å². The van der Waals surface area contributed by atoms with Gasteiger partial charge in [0.2, 0.25) is 0 Å². The summed E-state index contributed by atoms with van der Waals surface area (Å²) in [5.74, 6) is -0.142. The second-order valence-corrected chi connectivity index (χ2v) is 6.68. The lowest BCUT2D eigenvalue weighted by molar-refractivity contribution is 0.288. The third-order valence-electron chi connectivity index (χ3n) is 2.94. The van der Waals surface area contributed by atoms with Crippen LogP contribution in [0.1, 0.15) is 25.0 Å². The monoisotopic (exact) mass is 351 g/mol. The summed E-state index contributed by atoms with van der Waals surface area (Å²) in [5, 5.41) is 0. The highest BCUT2D eigenvalue weighted by Crippen LogP contribution is 2.31. The van der Waals surface area contributed by atoms with Crippen molar-refractivity contribution in [2.24, 2.45) is 5.73 Å². The quantitative estimate of drug-likeness (QED) is 0.863. The standard InChI is InChI=1S/C17H19BrFNO/c1-17(2,20)10-13-8-14(18)16(15(19)9-13)21-11-12-6-4-3-5-7-12/h3-9H,10-11,20H2,1-2H3. The van der Waals surface area contributed by atoms with E-state index in [0.717, 1.165) is 11.1 Å². The van der Waals surface area contributed by atoms with E-state index in [9.17, 15) is 4.39 Å². The average molecular weight is 352 g/mol. The lowest BCUT2D eigenvalue weighted by atomic mass is 9.96. The van der Waals surface area contributed by atoms with Crippen molar-refractivity contribution in [3.63, 3.8) is 0 Å². The maximum Gasteiger partial charge on any atom is 0.169 e. The van der Waals surface area contributed by atoms with Crippen LogP contribution >= 0.6 is 15.9 Å². The van der Waals surface area contributed by atoms with Crippen LogP contribution in [0.15, 0.2) is 46.9 Å². The largest absolute Gasteiger partial charge is 0.485 e. The van der Waals surface area contributed by atoms with Crippen LogP contribution in [0.25, 0.3) is 0 Å². The summed E-state index contributed by atoms with van der Waals surface area (Å²) >= 11 is 3.37. The fraction of sp³-hybridized carbons (Fsp3) is 0.294. The topological polar surface area (TPSA) is 35.2 Å². The molecule has 2 aromatic rings. The molecule has 0 bridgehead atoms. The molecule has 0 spiro atoms. The van der Waals surface area contributed by atoms with Gasteiger partial charge in [-0.05, 0) is 59.5 Å². The van der Waals surface area contributed by atoms with Crippen LogP contribution in [-0.2, 0) is 13.0 Å². The number of halogens is 2. The Morgan fingerprint density at radius 2 is 1.81 bits per heavy atom. The van der Waals surface area contributed by atoms with Gasteiger partial charge in [-0.1, -0.05) is 30.3 Å². The smallest absolute Gasteiger partial charge is 0.169 e. The maximum absolute atomic E-state index is 14.2. The molecule has 0 aliphatic heterocycles. The first kappa shape index (κ1) is 16.0. The fourth-order valence-corrected chi connectivity index (χ4v) is 2.71. The van der Waals surface area contributed by atoms with E-state index in [1.165, 1.54) is 6.07 Å². The van der Waals surface area contributed by atoms with Gasteiger partial charge in [0.05, 0.1) is 4.47 Å². The summed E-state index contributed by atoms with van der Waals surface area (Å²) in [6, 6.07) is 13.0. The summed E-state index contributed by atoms with van der Waals surface area (Å²) < 4.78 is 20.4. The summed E-state index contributed by atoms with van der Waals surface area (Å²) in [7, 11) is 0. The summed E-state index contributed by atoms with van der Waals surface area (Å²) in [4.78, 5) is 0. The highest BCUT2D eigenvalue weighted by atomic mass is 79.9. The molecule has 0 aliphatic carbocycles. The van der Waals surface area contributed by atoms with Crippen molar-refractivity contribution in [2.75, 3.05) is 0 Å². The van der Waals surface area contributed by atoms with Gasteiger partial charge in [0.1, 0.15) is 6.61 Å². The Hall–Kier alpha value is -1.39. The van der Waals surface area contributed by atoms with E-state index in [-0.39, 0.29) is 17.1 Å². The van der Waals surface area contributed by atoms with Crippen molar-refractivity contribution in [3.8, 4) is 5.75 Å². The summed E-state index contributed by atoms with van der Waals surface area (Å²) in [5.41, 5.74) is 7.44. The van der Waals surface area contributed by atoms with E-state index in [0.29, 0.717) is 17.5 Å². The first-order chi connectivity index (χ1) is 9.85. The van der Waals surface area contributed by atoms with E-state index in [1.54, 1.807) is 0 Å². The van der Waals surface area contributed by atoms with Crippen molar-refractivity contribution < 1.29 is 9.13 Å². The van der Waals surface area contributed by atoms with Gasteiger partial charge in [-0.25, -0.2) is 4.39 Å². The van der Waals surface area contributed by atoms with Gasteiger partial charge in [0.25, 0.3) is 0 Å². The van der Waals surface area contributed by atoms with Gasteiger partial charge < -0.3 is 10.5 Å². The predicted molar refractivity (Wildman–Crippen MR) is 86.8 cm³/mol. The third-order valence-corrected chi connectivity index (χ3v) is 3.53. The van der Waals surface area contributed by atoms with Gasteiger partial charge in [-0.2, -0.15) is 0 Å². The van der Waals surface area contributed by atoms with Gasteiger partial charge in [0.15, 0.2) is 11.6 Å². The van der Waals surface area contributed by atoms with E-state index >= 15 is 0 Å². The molecule has 0 amide bonds. The highest BCUT2D eigenvalue weighted by molar-refractivity contribution is 9.10. The molecule has 0 saturated carbocycles. The van der Waals surface area contributed by atoms with E-state index in [4.69, 9.17) is 10.5 Å². The summed E-state index contributed by atoms with van der Waals surface area (Å²) in [6.07, 6.45) is 0.599. The molecule has 2 N–H and O–H groups in total. The lowest BCUT2D eigenvalue weighted by Gasteiger charge is -2.19. The highest BCUT2D eigenvalue weighted by Gasteiger charge is 2.16. The molecule has 21 heavy (non-hydrogen) atoms. The minimum atomic E-state index is -0.377. The molecular formula is C17H19BrFNO. The lowest BCUT2D eigenvalue weighted by Crippen LogP contribution is -2.34. The van der Waals surface area contributed by atoms with Crippen molar-refractivity contribution in [3.05, 3.63) is 63.9 Å². The van der Waals surface area contributed by atoms with Crippen molar-refractivity contribution >= 4 is 15.9 Å². The Balaban J connectivity index is 2.14. The molecule has 0 fully saturated rings. The van der Waals surface area contributed by atoms with Crippen LogP contribution < -0.4 is 10.5 Å². The average Bonchev–Trinajstić information content (AvgIpc) is 2.37. The zero-order valence-corrected chi connectivity index (χ0v) is 13.8. The van der Waals surface area contributed by atoms with Crippen molar-refractivity contribution in [2.45, 2.75) is 32.4 Å². The third kappa shape index (κ3) is 4.83. The Morgan fingerprint density at radius 3 is 2.38 bits per heavy atom. The van der Waals surface area contributed by atoms with Crippen molar-refractivity contribution in [1.29, 1.82) is 0 Å². The second kappa shape index (κ2) is 6.58. The van der Waals surface area contributed by atoms with Crippen LogP contribution in [0.5, 0.6) is 5.75 Å². The molecule has 0 aromatic heterocycles. The maximum atomic E-state index is 14.2. The summed E-state index contributed by atoms with van der Waals surface area (Å²) in [6.45, 7) is 4.16. The number of ether oxygens (including phenoxy) is 1. The molecule has 0 saturated heterocycles. The minimum absolute atomic E-state index is 0.234. The molecule has 2 aromatic carbocycles. The molecule has 0 aliphatic rings. The van der Waals surface area contributed by atoms with E-state index < -0.39 is 0 Å². The molecule has 0 unspecified atom stereocenters. The van der Waals surface area contributed by atoms with Crippen molar-refractivity contribution in [1.82, 2.24) is 0 Å². The first-order valence-electron chi connectivity index (χ1n) is 6.79. The Bertz CT molecular complexity index is 585. The first-order valence-corrected chi connectivity index (χ1v) is 7.58. The molecule has 0 heterocycles. The number of hydrogen-bond donors (Lipinski definition) is 1.